The van der Waals surface area contributed by atoms with Crippen LogP contribution in [-0.4, -0.2) is 48.4 Å². The molecular weight excluding hydrogens is 260 g/mol. The summed E-state index contributed by atoms with van der Waals surface area (Å²) in [5.74, 6) is 0.274. The lowest BCUT2D eigenvalue weighted by Crippen LogP contribution is -2.43. The van der Waals surface area contributed by atoms with Crippen LogP contribution < -0.4 is 5.73 Å². The Kier molecular flexibility index (Phi) is 5.76. The fourth-order valence-corrected chi connectivity index (χ4v) is 3.35. The van der Waals surface area contributed by atoms with Crippen LogP contribution in [0.4, 0.5) is 0 Å². The van der Waals surface area contributed by atoms with Crippen molar-refractivity contribution in [1.29, 1.82) is 5.41 Å². The molecule has 21 heavy (non-hydrogen) atoms. The van der Waals surface area contributed by atoms with E-state index in [1.165, 1.54) is 12.0 Å². The highest BCUT2D eigenvalue weighted by Crippen LogP contribution is 2.29. The number of nitrogens with one attached hydrogen (secondary N) is 1. The van der Waals surface area contributed by atoms with E-state index in [4.69, 9.17) is 11.1 Å². The topological polar surface area (TPSA) is 56.4 Å². The number of hydrogen-bond donors (Lipinski definition) is 2. The number of likely N-dealkylation sites (N-methyl/N-ethyl adjacent to an activating group) is 1. The van der Waals surface area contributed by atoms with Crippen molar-refractivity contribution < 1.29 is 0 Å². The van der Waals surface area contributed by atoms with E-state index >= 15 is 0 Å². The first-order chi connectivity index (χ1) is 10.1. The van der Waals surface area contributed by atoms with Crippen LogP contribution in [0.1, 0.15) is 37.8 Å². The monoisotopic (exact) mass is 288 g/mol. The first kappa shape index (κ1) is 16.0. The minimum absolute atomic E-state index is 0.222. The molecule has 3 N–H and O–H groups in total. The van der Waals surface area contributed by atoms with Crippen LogP contribution in [0.15, 0.2) is 30.3 Å². The van der Waals surface area contributed by atoms with Crippen molar-refractivity contribution in [2.24, 2.45) is 5.73 Å². The summed E-state index contributed by atoms with van der Waals surface area (Å²) in [5, 5.41) is 7.75. The van der Waals surface area contributed by atoms with Gasteiger partial charge < -0.3 is 10.6 Å². The summed E-state index contributed by atoms with van der Waals surface area (Å²) >= 11 is 0. The molecule has 1 aliphatic rings. The zero-order valence-corrected chi connectivity index (χ0v) is 13.3. The highest BCUT2D eigenvalue weighted by atomic mass is 15.3. The highest BCUT2D eigenvalue weighted by molar-refractivity contribution is 5.77. The molecule has 0 bridgehead atoms. The van der Waals surface area contributed by atoms with E-state index in [2.05, 4.69) is 48.0 Å². The van der Waals surface area contributed by atoms with Crippen molar-refractivity contribution in [3.8, 4) is 0 Å². The first-order valence-corrected chi connectivity index (χ1v) is 7.94. The Hall–Kier alpha value is -1.39. The van der Waals surface area contributed by atoms with Crippen molar-refractivity contribution in [2.45, 2.75) is 38.3 Å². The van der Waals surface area contributed by atoms with Gasteiger partial charge >= 0.3 is 0 Å². The lowest BCUT2D eigenvalue weighted by atomic mass is 9.98. The second-order valence-corrected chi connectivity index (χ2v) is 6.07. The maximum Gasteiger partial charge on any atom is 0.0924 e. The predicted molar refractivity (Wildman–Crippen MR) is 88.6 cm³/mol. The quantitative estimate of drug-likeness (QED) is 0.646. The molecule has 1 aliphatic heterocycles. The van der Waals surface area contributed by atoms with Gasteiger partial charge in [-0.25, -0.2) is 0 Å². The molecule has 2 rings (SSSR count). The normalized spacial score (nSPS) is 22.7. The third-order valence-electron chi connectivity index (χ3n) is 4.42. The number of amidine groups is 1. The summed E-state index contributed by atoms with van der Waals surface area (Å²) in [4.78, 5) is 4.99. The van der Waals surface area contributed by atoms with Gasteiger partial charge in [-0.3, -0.25) is 10.3 Å². The summed E-state index contributed by atoms with van der Waals surface area (Å²) in [6, 6.07) is 11.3. The first-order valence-electron chi connectivity index (χ1n) is 7.94. The number of benzene rings is 1. The molecule has 2 atom stereocenters. The summed E-state index contributed by atoms with van der Waals surface area (Å²) in [5.41, 5.74) is 7.01. The molecule has 116 valence electrons. The van der Waals surface area contributed by atoms with Crippen LogP contribution in [0.5, 0.6) is 0 Å². The van der Waals surface area contributed by atoms with Gasteiger partial charge in [-0.2, -0.15) is 0 Å². The zero-order chi connectivity index (χ0) is 15.2. The molecule has 2 unspecified atom stereocenters. The molecule has 1 fully saturated rings. The third kappa shape index (κ3) is 4.29. The Morgan fingerprint density at radius 2 is 2.05 bits per heavy atom. The third-order valence-corrected chi connectivity index (χ3v) is 4.42. The van der Waals surface area contributed by atoms with Gasteiger partial charge in [-0.15, -0.1) is 0 Å². The van der Waals surface area contributed by atoms with Gasteiger partial charge in [0.15, 0.2) is 0 Å². The van der Waals surface area contributed by atoms with Gasteiger partial charge in [0, 0.05) is 31.6 Å². The van der Waals surface area contributed by atoms with Crippen molar-refractivity contribution in [3.05, 3.63) is 35.9 Å². The van der Waals surface area contributed by atoms with E-state index in [-0.39, 0.29) is 11.9 Å². The molecule has 1 aromatic rings. The van der Waals surface area contributed by atoms with Gasteiger partial charge in [0.25, 0.3) is 0 Å². The Labute approximate surface area is 128 Å². The van der Waals surface area contributed by atoms with E-state index in [0.29, 0.717) is 12.5 Å². The van der Waals surface area contributed by atoms with Gasteiger partial charge in [0.2, 0.25) is 0 Å². The maximum atomic E-state index is 7.75. The number of nitrogens with two attached hydrogens (primary N) is 1. The van der Waals surface area contributed by atoms with Crippen LogP contribution in [0.25, 0.3) is 0 Å². The molecule has 4 nitrogen and oxygen atoms in total. The molecule has 0 aromatic heterocycles. The summed E-state index contributed by atoms with van der Waals surface area (Å²) in [7, 11) is 2.20. The highest BCUT2D eigenvalue weighted by Gasteiger charge is 2.29. The standard InChI is InChI=1S/C17H28N4/c1-3-15-13-20(2)10-7-11-21(15)16(12-17(18)19)14-8-5-4-6-9-14/h4-6,8-9,15-16H,3,7,10-13H2,1-2H3,(H3,18,19). The molecule has 0 aliphatic carbocycles. The lowest BCUT2D eigenvalue weighted by molar-refractivity contribution is 0.130. The molecule has 0 spiro atoms. The average molecular weight is 288 g/mol. The molecule has 4 heteroatoms. The largest absolute Gasteiger partial charge is 0.388 e. The Balaban J connectivity index is 2.27. The van der Waals surface area contributed by atoms with Gasteiger partial charge in [-0.05, 0) is 32.0 Å². The van der Waals surface area contributed by atoms with Crippen molar-refractivity contribution in [2.75, 3.05) is 26.7 Å². The average Bonchev–Trinajstić information content (AvgIpc) is 2.66. The molecule has 0 amide bonds. The Morgan fingerprint density at radius 1 is 1.33 bits per heavy atom. The number of nitrogens with zero attached hydrogens (tertiary/aromatic N) is 2. The summed E-state index contributed by atoms with van der Waals surface area (Å²) < 4.78 is 0. The molecule has 1 saturated heterocycles. The SMILES string of the molecule is CCC1CN(C)CCCN1C(CC(=N)N)c1ccccc1. The molecule has 1 aromatic carbocycles. The zero-order valence-electron chi connectivity index (χ0n) is 13.3. The van der Waals surface area contributed by atoms with Crippen LogP contribution >= 0.6 is 0 Å². The Bertz CT molecular complexity index is 445. The fourth-order valence-electron chi connectivity index (χ4n) is 3.35. The predicted octanol–water partition coefficient (Wildman–Crippen LogP) is 2.47. The molecular formula is C17H28N4. The van der Waals surface area contributed by atoms with Gasteiger partial charge in [0.1, 0.15) is 0 Å². The molecule has 0 radical (unpaired) electrons. The second kappa shape index (κ2) is 7.57. The molecule has 0 saturated carbocycles. The lowest BCUT2D eigenvalue weighted by Gasteiger charge is -2.37. The van der Waals surface area contributed by atoms with Crippen LogP contribution in [0, 0.1) is 5.41 Å². The van der Waals surface area contributed by atoms with E-state index in [0.717, 1.165) is 26.1 Å². The van der Waals surface area contributed by atoms with E-state index < -0.39 is 0 Å². The van der Waals surface area contributed by atoms with E-state index in [1.54, 1.807) is 0 Å². The smallest absolute Gasteiger partial charge is 0.0924 e. The Morgan fingerprint density at radius 3 is 2.67 bits per heavy atom. The van der Waals surface area contributed by atoms with Crippen molar-refractivity contribution in [3.63, 3.8) is 0 Å². The minimum Gasteiger partial charge on any atom is -0.388 e. The fraction of sp³-hybridized carbons (Fsp3) is 0.588. The van der Waals surface area contributed by atoms with Crippen molar-refractivity contribution >= 4 is 5.84 Å². The minimum atomic E-state index is 0.222. The van der Waals surface area contributed by atoms with Crippen LogP contribution in [0.3, 0.4) is 0 Å². The second-order valence-electron chi connectivity index (χ2n) is 6.07. The van der Waals surface area contributed by atoms with Crippen LogP contribution in [0.2, 0.25) is 0 Å². The van der Waals surface area contributed by atoms with E-state index in [1.807, 2.05) is 6.07 Å². The van der Waals surface area contributed by atoms with Crippen molar-refractivity contribution in [1.82, 2.24) is 9.80 Å². The molecule has 1 heterocycles. The summed E-state index contributed by atoms with van der Waals surface area (Å²) in [6.07, 6.45) is 2.92. The number of hydrogen-bond acceptors (Lipinski definition) is 3. The van der Waals surface area contributed by atoms with Gasteiger partial charge in [0.05, 0.1) is 5.84 Å². The van der Waals surface area contributed by atoms with Gasteiger partial charge in [-0.1, -0.05) is 37.3 Å². The summed E-state index contributed by atoms with van der Waals surface area (Å²) in [6.45, 7) is 5.58. The number of rotatable bonds is 5. The maximum absolute atomic E-state index is 7.75. The van der Waals surface area contributed by atoms with E-state index in [9.17, 15) is 0 Å². The van der Waals surface area contributed by atoms with Crippen LogP contribution in [-0.2, 0) is 0 Å².